The van der Waals surface area contributed by atoms with Crippen molar-refractivity contribution >= 4 is 12.2 Å². The van der Waals surface area contributed by atoms with Gasteiger partial charge in [-0.25, -0.2) is 0 Å². The van der Waals surface area contributed by atoms with E-state index in [0.717, 1.165) is 16.7 Å². The highest BCUT2D eigenvalue weighted by molar-refractivity contribution is 5.68. The lowest BCUT2D eigenvalue weighted by Crippen LogP contribution is -1.89. The molecule has 1 aliphatic rings. The van der Waals surface area contributed by atoms with Crippen LogP contribution < -0.4 is 0 Å². The van der Waals surface area contributed by atoms with Gasteiger partial charge in [-0.3, -0.25) is 0 Å². The van der Waals surface area contributed by atoms with Crippen molar-refractivity contribution in [1.29, 1.82) is 0 Å². The second kappa shape index (κ2) is 4.65. The minimum atomic E-state index is 0.102. The highest BCUT2D eigenvalue weighted by Gasteiger charge is 2.17. The van der Waals surface area contributed by atoms with Gasteiger partial charge >= 0.3 is 0 Å². The highest BCUT2D eigenvalue weighted by atomic mass is 16.3. The molecule has 2 nitrogen and oxygen atoms in total. The molecule has 1 unspecified atom stereocenters. The molecule has 2 heteroatoms. The van der Waals surface area contributed by atoms with Crippen LogP contribution in [-0.2, 0) is 0 Å². The topological polar surface area (TPSA) is 40.5 Å². The van der Waals surface area contributed by atoms with Gasteiger partial charge in [0.25, 0.3) is 0 Å². The second-order valence-electron chi connectivity index (χ2n) is 4.62. The zero-order valence-corrected chi connectivity index (χ0v) is 10.3. The molecule has 0 spiro atoms. The number of benzene rings is 2. The van der Waals surface area contributed by atoms with Crippen molar-refractivity contribution in [2.45, 2.75) is 5.92 Å². The fourth-order valence-corrected chi connectivity index (χ4v) is 2.34. The number of rotatable bonds is 2. The number of phenols is 2. The molecule has 2 aromatic rings. The lowest BCUT2D eigenvalue weighted by Gasteiger charge is -2.08. The van der Waals surface area contributed by atoms with Gasteiger partial charge in [-0.2, -0.15) is 0 Å². The molecule has 2 N–H and O–H groups in total. The predicted molar refractivity (Wildman–Crippen MR) is 77.0 cm³/mol. The van der Waals surface area contributed by atoms with Crippen LogP contribution >= 0.6 is 0 Å². The molecule has 0 amide bonds. The van der Waals surface area contributed by atoms with Crippen LogP contribution in [0.1, 0.15) is 22.6 Å². The third-order valence-electron chi connectivity index (χ3n) is 3.32. The second-order valence-corrected chi connectivity index (χ2v) is 4.62. The lowest BCUT2D eigenvalue weighted by molar-refractivity contribution is 0.468. The molecule has 1 aliphatic carbocycles. The maximum Gasteiger partial charge on any atom is 0.120 e. The van der Waals surface area contributed by atoms with Crippen LogP contribution in [-0.4, -0.2) is 10.2 Å². The summed E-state index contributed by atoms with van der Waals surface area (Å²) < 4.78 is 0. The van der Waals surface area contributed by atoms with Crippen LogP contribution in [0, 0.1) is 0 Å². The first-order chi connectivity index (χ1) is 9.24. The third kappa shape index (κ3) is 2.25. The Kier molecular flexibility index (Phi) is 2.84. The Bertz CT molecular complexity index is 651. The molecular formula is C17H14O2. The smallest absolute Gasteiger partial charge is 0.120 e. The normalized spacial score (nSPS) is 16.9. The maximum atomic E-state index is 9.93. The lowest BCUT2D eigenvalue weighted by atomic mass is 9.98. The first-order valence-corrected chi connectivity index (χ1v) is 6.21. The van der Waals surface area contributed by atoms with E-state index in [-0.39, 0.29) is 11.7 Å². The van der Waals surface area contributed by atoms with Gasteiger partial charge in [0.2, 0.25) is 0 Å². The highest BCUT2D eigenvalue weighted by Crippen LogP contribution is 2.37. The first kappa shape index (κ1) is 11.6. The van der Waals surface area contributed by atoms with Gasteiger partial charge in [0, 0.05) is 11.5 Å². The molecule has 0 aromatic heterocycles. The summed E-state index contributed by atoms with van der Waals surface area (Å²) in [5.74, 6) is 0.703. The molecule has 0 bridgehead atoms. The van der Waals surface area contributed by atoms with Crippen LogP contribution in [0.4, 0.5) is 0 Å². The molecule has 0 radical (unpaired) electrons. The minimum absolute atomic E-state index is 0.102. The summed E-state index contributed by atoms with van der Waals surface area (Å²) in [6, 6.07) is 12.6. The summed E-state index contributed by atoms with van der Waals surface area (Å²) in [5, 5.41) is 19.2. The van der Waals surface area contributed by atoms with Gasteiger partial charge < -0.3 is 10.2 Å². The number of phenolic OH excluding ortho intramolecular Hbond substituents is 2. The van der Waals surface area contributed by atoms with Gasteiger partial charge in [0.15, 0.2) is 0 Å². The van der Waals surface area contributed by atoms with Crippen LogP contribution in [0.3, 0.4) is 0 Å². The third-order valence-corrected chi connectivity index (χ3v) is 3.32. The average Bonchev–Trinajstić information content (AvgIpc) is 2.83. The van der Waals surface area contributed by atoms with E-state index in [1.54, 1.807) is 18.2 Å². The van der Waals surface area contributed by atoms with E-state index in [9.17, 15) is 10.2 Å². The fraction of sp³-hybridized carbons (Fsp3) is 0.0588. The van der Waals surface area contributed by atoms with Gasteiger partial charge in [-0.05, 0) is 29.3 Å². The van der Waals surface area contributed by atoms with E-state index in [2.05, 4.69) is 12.2 Å². The van der Waals surface area contributed by atoms with Crippen molar-refractivity contribution in [2.75, 3.05) is 0 Å². The predicted octanol–water partition coefficient (Wildman–Crippen LogP) is 3.92. The van der Waals surface area contributed by atoms with E-state index in [4.69, 9.17) is 0 Å². The number of hydrogen-bond donors (Lipinski definition) is 2. The molecule has 0 heterocycles. The standard InChI is InChI=1S/C17H14O2/c18-15-10-5-12(6-11-15)4-7-14-9-8-13-2-1-3-16(19)17(13)14/h1-11,14,18-19H. The monoisotopic (exact) mass is 250 g/mol. The van der Waals surface area contributed by atoms with Crippen LogP contribution in [0.2, 0.25) is 0 Å². The van der Waals surface area contributed by atoms with Gasteiger partial charge in [-0.1, -0.05) is 48.6 Å². The van der Waals surface area contributed by atoms with Crippen LogP contribution in [0.15, 0.2) is 54.6 Å². The Morgan fingerprint density at radius 2 is 1.74 bits per heavy atom. The molecule has 94 valence electrons. The number of allylic oxidation sites excluding steroid dienone is 2. The van der Waals surface area contributed by atoms with E-state index >= 15 is 0 Å². The summed E-state index contributed by atoms with van der Waals surface area (Å²) in [4.78, 5) is 0. The van der Waals surface area contributed by atoms with Crippen LogP contribution in [0.25, 0.3) is 12.2 Å². The number of aromatic hydroxyl groups is 2. The summed E-state index contributed by atoms with van der Waals surface area (Å²) in [6.07, 6.45) is 8.15. The Balaban J connectivity index is 1.87. The molecular weight excluding hydrogens is 236 g/mol. The molecule has 3 rings (SSSR count). The van der Waals surface area contributed by atoms with Crippen LogP contribution in [0.5, 0.6) is 11.5 Å². The quantitative estimate of drug-likeness (QED) is 0.848. The van der Waals surface area contributed by atoms with Gasteiger partial charge in [0.1, 0.15) is 11.5 Å². The molecule has 0 saturated carbocycles. The Morgan fingerprint density at radius 3 is 2.53 bits per heavy atom. The van der Waals surface area contributed by atoms with E-state index < -0.39 is 0 Å². The first-order valence-electron chi connectivity index (χ1n) is 6.21. The number of fused-ring (bicyclic) bond motifs is 1. The molecule has 1 atom stereocenters. The van der Waals surface area contributed by atoms with Crippen molar-refractivity contribution in [3.05, 3.63) is 71.3 Å². The average molecular weight is 250 g/mol. The summed E-state index contributed by atoms with van der Waals surface area (Å²) in [5.41, 5.74) is 3.05. The molecule has 0 fully saturated rings. The SMILES string of the molecule is Oc1ccc(C=CC2C=Cc3cccc(O)c32)cc1. The maximum absolute atomic E-state index is 9.93. The Labute approximate surface area is 112 Å². The summed E-state index contributed by atoms with van der Waals surface area (Å²) >= 11 is 0. The molecule has 0 saturated heterocycles. The molecule has 2 aromatic carbocycles. The fourth-order valence-electron chi connectivity index (χ4n) is 2.34. The van der Waals surface area contributed by atoms with Gasteiger partial charge in [-0.15, -0.1) is 0 Å². The Hall–Kier alpha value is -2.48. The zero-order chi connectivity index (χ0) is 13.2. The van der Waals surface area contributed by atoms with Gasteiger partial charge in [0.05, 0.1) is 0 Å². The molecule has 0 aliphatic heterocycles. The summed E-state index contributed by atoms with van der Waals surface area (Å²) in [6.45, 7) is 0. The van der Waals surface area contributed by atoms with Crippen molar-refractivity contribution in [3.63, 3.8) is 0 Å². The van der Waals surface area contributed by atoms with E-state index in [1.165, 1.54) is 0 Å². The Morgan fingerprint density at radius 1 is 0.947 bits per heavy atom. The van der Waals surface area contributed by atoms with Crippen molar-refractivity contribution in [1.82, 2.24) is 0 Å². The van der Waals surface area contributed by atoms with E-state index in [0.29, 0.717) is 5.75 Å². The summed E-state index contributed by atoms with van der Waals surface area (Å²) in [7, 11) is 0. The van der Waals surface area contributed by atoms with E-state index in [1.807, 2.05) is 36.4 Å². The van der Waals surface area contributed by atoms with Crippen molar-refractivity contribution < 1.29 is 10.2 Å². The number of hydrogen-bond acceptors (Lipinski definition) is 2. The van der Waals surface area contributed by atoms with Crippen molar-refractivity contribution in [3.8, 4) is 11.5 Å². The molecule has 19 heavy (non-hydrogen) atoms. The minimum Gasteiger partial charge on any atom is -0.508 e. The van der Waals surface area contributed by atoms with Crippen molar-refractivity contribution in [2.24, 2.45) is 0 Å². The zero-order valence-electron chi connectivity index (χ0n) is 10.3. The largest absolute Gasteiger partial charge is 0.508 e.